The van der Waals surface area contributed by atoms with Crippen molar-refractivity contribution in [3.05, 3.63) is 90.4 Å². The van der Waals surface area contributed by atoms with Crippen molar-refractivity contribution in [2.45, 2.75) is 19.6 Å². The summed E-state index contributed by atoms with van der Waals surface area (Å²) >= 11 is 0. The molecule has 0 saturated carbocycles. The largest absolute Gasteiger partial charge is 0.449 e. The molecule has 1 aliphatic rings. The first kappa shape index (κ1) is 22.6. The van der Waals surface area contributed by atoms with Crippen molar-refractivity contribution in [1.82, 2.24) is 19.4 Å². The number of para-hydroxylation sites is 1. The lowest BCUT2D eigenvalue weighted by molar-refractivity contribution is -0.140. The number of hydrogen-bond acceptors (Lipinski definition) is 6. The number of anilines is 1. The fourth-order valence-electron chi connectivity index (χ4n) is 4.43. The molecule has 0 radical (unpaired) electrons. The predicted molar refractivity (Wildman–Crippen MR) is 133 cm³/mol. The highest BCUT2D eigenvalue weighted by atomic mass is 16.5. The second-order valence-electron chi connectivity index (χ2n) is 8.58. The molecule has 5 rings (SSSR count). The maximum Gasteiger partial charge on any atom is 0.341 e. The molecule has 1 unspecified atom stereocenters. The Balaban J connectivity index is 1.25. The van der Waals surface area contributed by atoms with Crippen molar-refractivity contribution in [2.24, 2.45) is 0 Å². The number of nitrogens with zero attached hydrogens (tertiary/aromatic N) is 5. The van der Waals surface area contributed by atoms with Crippen LogP contribution < -0.4 is 4.90 Å². The van der Waals surface area contributed by atoms with Crippen LogP contribution in [0.3, 0.4) is 0 Å². The lowest BCUT2D eigenvalue weighted by Gasteiger charge is -2.35. The summed E-state index contributed by atoms with van der Waals surface area (Å²) in [6.07, 6.45) is 4.35. The molecule has 1 amide bonds. The van der Waals surface area contributed by atoms with Gasteiger partial charge in [0.1, 0.15) is 0 Å². The third-order valence-corrected chi connectivity index (χ3v) is 6.26. The lowest BCUT2D eigenvalue weighted by atomic mass is 10.2. The van der Waals surface area contributed by atoms with Crippen LogP contribution in [-0.2, 0) is 16.1 Å². The number of ether oxygens (including phenoxy) is 1. The van der Waals surface area contributed by atoms with E-state index in [0.717, 1.165) is 16.5 Å². The van der Waals surface area contributed by atoms with Gasteiger partial charge in [0.05, 0.1) is 5.56 Å². The third-order valence-electron chi connectivity index (χ3n) is 6.26. The molecule has 0 bridgehead atoms. The molecule has 1 saturated heterocycles. The molecule has 4 aromatic rings. The number of carbonyl (C=O) groups is 2. The fourth-order valence-corrected chi connectivity index (χ4v) is 4.43. The monoisotopic (exact) mass is 469 g/mol. The van der Waals surface area contributed by atoms with Gasteiger partial charge in [-0.2, -0.15) is 0 Å². The van der Waals surface area contributed by atoms with Crippen molar-refractivity contribution < 1.29 is 14.3 Å². The standard InChI is InChI=1S/C27H27N5O3/c1-20(25(33)30-14-16-31(17-15-30)27-28-12-7-13-29-27)35-26(34)23-19-32(18-21-8-3-2-4-9-21)24-11-6-5-10-22(23)24/h2-13,19-20H,14-18H2,1H3. The third kappa shape index (κ3) is 4.87. The van der Waals surface area contributed by atoms with Crippen LogP contribution in [-0.4, -0.2) is 63.6 Å². The van der Waals surface area contributed by atoms with E-state index in [1.54, 1.807) is 30.3 Å². The van der Waals surface area contributed by atoms with Crippen molar-refractivity contribution in [2.75, 3.05) is 31.1 Å². The number of benzene rings is 2. The number of rotatable bonds is 6. The van der Waals surface area contributed by atoms with Crippen LogP contribution in [0.25, 0.3) is 10.9 Å². The van der Waals surface area contributed by atoms with Crippen molar-refractivity contribution >= 4 is 28.7 Å². The highest BCUT2D eigenvalue weighted by Gasteiger charge is 2.29. The SMILES string of the molecule is CC(OC(=O)c1cn(Cc2ccccc2)c2ccccc12)C(=O)N1CCN(c2ncccn2)CC1. The summed E-state index contributed by atoms with van der Waals surface area (Å²) in [6.45, 7) is 4.58. The van der Waals surface area contributed by atoms with Gasteiger partial charge in [0.15, 0.2) is 6.10 Å². The van der Waals surface area contributed by atoms with Crippen LogP contribution in [0.2, 0.25) is 0 Å². The van der Waals surface area contributed by atoms with Gasteiger partial charge in [-0.1, -0.05) is 48.5 Å². The van der Waals surface area contributed by atoms with Gasteiger partial charge in [0.25, 0.3) is 5.91 Å². The number of hydrogen-bond donors (Lipinski definition) is 0. The summed E-state index contributed by atoms with van der Waals surface area (Å²) in [4.78, 5) is 38.5. The van der Waals surface area contributed by atoms with Gasteiger partial charge in [-0.15, -0.1) is 0 Å². The molecule has 35 heavy (non-hydrogen) atoms. The number of aromatic nitrogens is 3. The Labute approximate surface area is 203 Å². The first-order valence-electron chi connectivity index (χ1n) is 11.7. The highest BCUT2D eigenvalue weighted by molar-refractivity contribution is 6.05. The van der Waals surface area contributed by atoms with E-state index < -0.39 is 12.1 Å². The van der Waals surface area contributed by atoms with E-state index in [1.165, 1.54) is 0 Å². The Morgan fingerprint density at radius 2 is 1.60 bits per heavy atom. The Bertz CT molecular complexity index is 1310. The topological polar surface area (TPSA) is 80.6 Å². The van der Waals surface area contributed by atoms with Gasteiger partial charge in [-0.05, 0) is 24.6 Å². The maximum absolute atomic E-state index is 13.1. The molecular formula is C27H27N5O3. The zero-order chi connectivity index (χ0) is 24.2. The van der Waals surface area contributed by atoms with Crippen molar-refractivity contribution in [1.29, 1.82) is 0 Å². The number of amides is 1. The zero-order valence-electron chi connectivity index (χ0n) is 19.6. The Hall–Kier alpha value is -4.20. The summed E-state index contributed by atoms with van der Waals surface area (Å²) in [5, 5.41) is 0.810. The van der Waals surface area contributed by atoms with Crippen LogP contribution in [0.15, 0.2) is 79.3 Å². The minimum Gasteiger partial charge on any atom is -0.449 e. The average Bonchev–Trinajstić information content (AvgIpc) is 3.28. The van der Waals surface area contributed by atoms with Crippen molar-refractivity contribution in [3.63, 3.8) is 0 Å². The Morgan fingerprint density at radius 1 is 0.914 bits per heavy atom. The van der Waals surface area contributed by atoms with Gasteiger partial charge < -0.3 is 19.1 Å². The summed E-state index contributed by atoms with van der Waals surface area (Å²) < 4.78 is 7.69. The molecule has 3 heterocycles. The molecule has 8 heteroatoms. The first-order chi connectivity index (χ1) is 17.1. The second kappa shape index (κ2) is 9.97. The molecule has 2 aromatic heterocycles. The molecule has 8 nitrogen and oxygen atoms in total. The predicted octanol–water partition coefficient (Wildman–Crippen LogP) is 3.37. The molecule has 1 aliphatic heterocycles. The Kier molecular flexibility index (Phi) is 6.43. The lowest BCUT2D eigenvalue weighted by Crippen LogP contribution is -2.52. The second-order valence-corrected chi connectivity index (χ2v) is 8.58. The summed E-state index contributed by atoms with van der Waals surface area (Å²) in [7, 11) is 0. The zero-order valence-corrected chi connectivity index (χ0v) is 19.6. The van der Waals surface area contributed by atoms with Crippen molar-refractivity contribution in [3.8, 4) is 0 Å². The molecule has 178 valence electrons. The molecule has 0 spiro atoms. The Morgan fingerprint density at radius 3 is 2.34 bits per heavy atom. The van der Waals surface area contributed by atoms with E-state index in [1.807, 2.05) is 58.1 Å². The summed E-state index contributed by atoms with van der Waals surface area (Å²) in [5.41, 5.74) is 2.54. The van der Waals surface area contributed by atoms with Crippen LogP contribution in [0.5, 0.6) is 0 Å². The molecule has 2 aromatic carbocycles. The number of fused-ring (bicyclic) bond motifs is 1. The normalized spacial score (nSPS) is 14.7. The minimum atomic E-state index is -0.877. The highest BCUT2D eigenvalue weighted by Crippen LogP contribution is 2.24. The van der Waals surface area contributed by atoms with E-state index in [-0.39, 0.29) is 5.91 Å². The minimum absolute atomic E-state index is 0.194. The quantitative estimate of drug-likeness (QED) is 0.403. The fraction of sp³-hybridized carbons (Fsp3) is 0.259. The van der Waals surface area contributed by atoms with E-state index in [0.29, 0.717) is 44.2 Å². The number of esters is 1. The summed E-state index contributed by atoms with van der Waals surface area (Å²) in [5.74, 6) is -0.0313. The van der Waals surface area contributed by atoms with Crippen LogP contribution in [0, 0.1) is 0 Å². The molecule has 1 atom stereocenters. The number of piperazine rings is 1. The molecule has 1 fully saturated rings. The van der Waals surface area contributed by atoms with Crippen LogP contribution in [0.1, 0.15) is 22.8 Å². The van der Waals surface area contributed by atoms with Crippen LogP contribution >= 0.6 is 0 Å². The first-order valence-corrected chi connectivity index (χ1v) is 11.7. The van der Waals surface area contributed by atoms with Gasteiger partial charge in [0.2, 0.25) is 5.95 Å². The molecule has 0 aliphatic carbocycles. The van der Waals surface area contributed by atoms with Gasteiger partial charge in [-0.25, -0.2) is 14.8 Å². The molecular weight excluding hydrogens is 442 g/mol. The van der Waals surface area contributed by atoms with Gasteiger partial charge >= 0.3 is 5.97 Å². The van der Waals surface area contributed by atoms with E-state index >= 15 is 0 Å². The van der Waals surface area contributed by atoms with E-state index in [9.17, 15) is 9.59 Å². The van der Waals surface area contributed by atoms with E-state index in [2.05, 4.69) is 22.1 Å². The molecule has 0 N–H and O–H groups in total. The van der Waals surface area contributed by atoms with Gasteiger partial charge in [0, 0.05) is 62.2 Å². The van der Waals surface area contributed by atoms with Gasteiger partial charge in [-0.3, -0.25) is 4.79 Å². The average molecular weight is 470 g/mol. The maximum atomic E-state index is 13.1. The van der Waals surface area contributed by atoms with E-state index in [4.69, 9.17) is 4.74 Å². The smallest absolute Gasteiger partial charge is 0.341 e. The number of carbonyl (C=O) groups excluding carboxylic acids is 2. The summed E-state index contributed by atoms with van der Waals surface area (Å²) in [6, 6.07) is 19.6. The van der Waals surface area contributed by atoms with Crippen LogP contribution in [0.4, 0.5) is 5.95 Å².